The second-order valence-electron chi connectivity index (χ2n) is 5.86. The average Bonchev–Trinajstić information content (AvgIpc) is 3.06. The Hall–Kier alpha value is -3.85. The SMILES string of the molecule is Cc1cccc(-c2nc3ccc(C(=O)NO)cn3c2-c2ccnc(N)n2)n1. The molecule has 9 nitrogen and oxygen atoms in total. The summed E-state index contributed by atoms with van der Waals surface area (Å²) in [6.45, 7) is 1.89. The average molecular weight is 361 g/mol. The Morgan fingerprint density at radius 2 is 1.96 bits per heavy atom. The minimum atomic E-state index is -0.631. The summed E-state index contributed by atoms with van der Waals surface area (Å²) in [4.78, 5) is 29.3. The Labute approximate surface area is 153 Å². The molecule has 0 radical (unpaired) electrons. The number of nitrogens with zero attached hydrogens (tertiary/aromatic N) is 5. The van der Waals surface area contributed by atoms with E-state index in [1.165, 1.54) is 0 Å². The minimum absolute atomic E-state index is 0.120. The van der Waals surface area contributed by atoms with Crippen LogP contribution in [0.4, 0.5) is 5.95 Å². The lowest BCUT2D eigenvalue weighted by molar-refractivity contribution is 0.0706. The number of rotatable bonds is 3. The number of amides is 1. The molecule has 0 bridgehead atoms. The molecule has 4 rings (SSSR count). The quantitative estimate of drug-likeness (QED) is 0.375. The monoisotopic (exact) mass is 361 g/mol. The molecule has 0 saturated heterocycles. The molecule has 27 heavy (non-hydrogen) atoms. The van der Waals surface area contributed by atoms with Crippen molar-refractivity contribution < 1.29 is 10.0 Å². The van der Waals surface area contributed by atoms with Crippen LogP contribution in [0.2, 0.25) is 0 Å². The lowest BCUT2D eigenvalue weighted by atomic mass is 10.1. The third kappa shape index (κ3) is 2.96. The molecule has 0 aliphatic carbocycles. The molecular weight excluding hydrogens is 346 g/mol. The molecule has 0 spiro atoms. The maximum atomic E-state index is 11.8. The lowest BCUT2D eigenvalue weighted by Crippen LogP contribution is -2.19. The van der Waals surface area contributed by atoms with Crippen LogP contribution in [0.15, 0.2) is 48.8 Å². The Morgan fingerprint density at radius 3 is 2.70 bits per heavy atom. The van der Waals surface area contributed by atoms with Crippen LogP contribution in [0, 0.1) is 6.92 Å². The van der Waals surface area contributed by atoms with Gasteiger partial charge in [-0.25, -0.2) is 20.4 Å². The van der Waals surface area contributed by atoms with E-state index in [1.54, 1.807) is 40.5 Å². The first kappa shape index (κ1) is 16.6. The van der Waals surface area contributed by atoms with Gasteiger partial charge in [-0.2, -0.15) is 0 Å². The largest absolute Gasteiger partial charge is 0.368 e. The number of imidazole rings is 1. The molecule has 1 amide bonds. The van der Waals surface area contributed by atoms with Crippen LogP contribution in [0.5, 0.6) is 0 Å². The molecule has 4 aromatic rings. The normalized spacial score (nSPS) is 10.9. The Morgan fingerprint density at radius 1 is 1.11 bits per heavy atom. The summed E-state index contributed by atoms with van der Waals surface area (Å²) in [5, 5.41) is 8.93. The van der Waals surface area contributed by atoms with Gasteiger partial charge in [0.05, 0.1) is 17.0 Å². The number of nitrogen functional groups attached to an aromatic ring is 1. The minimum Gasteiger partial charge on any atom is -0.368 e. The number of pyridine rings is 2. The van der Waals surface area contributed by atoms with Crippen LogP contribution in [0.25, 0.3) is 28.4 Å². The number of carbonyl (C=O) groups is 1. The fourth-order valence-corrected chi connectivity index (χ4v) is 2.85. The zero-order valence-corrected chi connectivity index (χ0v) is 14.3. The highest BCUT2D eigenvalue weighted by atomic mass is 16.5. The van der Waals surface area contributed by atoms with Gasteiger partial charge >= 0.3 is 0 Å². The topological polar surface area (TPSA) is 131 Å². The predicted octanol–water partition coefficient (Wildman–Crippen LogP) is 1.86. The number of anilines is 1. The number of carbonyl (C=O) groups excluding carboxylic acids is 1. The van der Waals surface area contributed by atoms with Gasteiger partial charge < -0.3 is 5.73 Å². The molecule has 0 atom stereocenters. The summed E-state index contributed by atoms with van der Waals surface area (Å²) in [7, 11) is 0. The number of aromatic nitrogens is 5. The van der Waals surface area contributed by atoms with Gasteiger partial charge in [-0.1, -0.05) is 6.07 Å². The Kier molecular flexibility index (Phi) is 3.98. The van der Waals surface area contributed by atoms with Gasteiger partial charge in [-0.05, 0) is 37.3 Å². The predicted molar refractivity (Wildman–Crippen MR) is 97.9 cm³/mol. The van der Waals surface area contributed by atoms with Crippen molar-refractivity contribution in [3.63, 3.8) is 0 Å². The summed E-state index contributed by atoms with van der Waals surface area (Å²) in [6.07, 6.45) is 3.12. The molecule has 4 aromatic heterocycles. The van der Waals surface area contributed by atoms with Crippen LogP contribution < -0.4 is 11.2 Å². The van der Waals surface area contributed by atoms with Gasteiger partial charge in [-0.15, -0.1) is 0 Å². The van der Waals surface area contributed by atoms with E-state index in [0.717, 1.165) is 5.69 Å². The van der Waals surface area contributed by atoms with Crippen molar-refractivity contribution in [2.75, 3.05) is 5.73 Å². The zero-order chi connectivity index (χ0) is 19.0. The Bertz CT molecular complexity index is 1170. The van der Waals surface area contributed by atoms with E-state index in [9.17, 15) is 4.79 Å². The smallest absolute Gasteiger partial charge is 0.276 e. The van der Waals surface area contributed by atoms with Gasteiger partial charge in [0.1, 0.15) is 17.0 Å². The molecule has 0 aliphatic rings. The van der Waals surface area contributed by atoms with Gasteiger partial charge in [-0.3, -0.25) is 19.4 Å². The van der Waals surface area contributed by atoms with E-state index in [4.69, 9.17) is 10.9 Å². The van der Waals surface area contributed by atoms with Crippen LogP contribution in [-0.2, 0) is 0 Å². The van der Waals surface area contributed by atoms with Gasteiger partial charge in [0, 0.05) is 18.1 Å². The highest BCUT2D eigenvalue weighted by Crippen LogP contribution is 2.31. The summed E-state index contributed by atoms with van der Waals surface area (Å²) in [6, 6.07) is 10.6. The van der Waals surface area contributed by atoms with Crippen molar-refractivity contribution in [2.24, 2.45) is 0 Å². The standard InChI is InChI=1S/C18H15N7O2/c1-10-3-2-4-12(21-10)15-16(13-7-8-20-18(19)22-13)25-9-11(17(26)24-27)5-6-14(25)23-15/h2-9,27H,1H3,(H,24,26)(H2,19,20,22). The molecule has 0 aliphatic heterocycles. The van der Waals surface area contributed by atoms with Crippen LogP contribution in [0.1, 0.15) is 16.1 Å². The molecule has 0 unspecified atom stereocenters. The van der Waals surface area contributed by atoms with E-state index in [0.29, 0.717) is 28.4 Å². The number of fused-ring (bicyclic) bond motifs is 1. The summed E-state index contributed by atoms with van der Waals surface area (Å²) < 4.78 is 1.71. The van der Waals surface area contributed by atoms with Gasteiger partial charge in [0.2, 0.25) is 5.95 Å². The third-order valence-corrected chi connectivity index (χ3v) is 4.03. The first-order valence-electron chi connectivity index (χ1n) is 8.06. The van der Waals surface area contributed by atoms with Crippen molar-refractivity contribution in [3.05, 3.63) is 60.0 Å². The van der Waals surface area contributed by atoms with Crippen molar-refractivity contribution in [2.45, 2.75) is 6.92 Å². The number of nitrogens with two attached hydrogens (primary N) is 1. The molecule has 134 valence electrons. The number of aryl methyl sites for hydroxylation is 1. The number of hydrogen-bond acceptors (Lipinski definition) is 7. The first-order chi connectivity index (χ1) is 13.1. The van der Waals surface area contributed by atoms with E-state index in [1.807, 2.05) is 25.1 Å². The summed E-state index contributed by atoms with van der Waals surface area (Å²) >= 11 is 0. The maximum Gasteiger partial charge on any atom is 0.276 e. The van der Waals surface area contributed by atoms with Crippen molar-refractivity contribution in [3.8, 4) is 22.8 Å². The van der Waals surface area contributed by atoms with E-state index in [2.05, 4.69) is 19.9 Å². The molecule has 4 N–H and O–H groups in total. The fraction of sp³-hybridized carbons (Fsp3) is 0.0556. The van der Waals surface area contributed by atoms with Gasteiger partial charge in [0.15, 0.2) is 0 Å². The molecule has 0 fully saturated rings. The Balaban J connectivity index is 2.05. The number of hydroxylamine groups is 1. The maximum absolute atomic E-state index is 11.8. The second-order valence-corrected chi connectivity index (χ2v) is 5.86. The van der Waals surface area contributed by atoms with Crippen molar-refractivity contribution in [1.29, 1.82) is 0 Å². The molecule has 4 heterocycles. The third-order valence-electron chi connectivity index (χ3n) is 4.03. The van der Waals surface area contributed by atoms with Crippen LogP contribution >= 0.6 is 0 Å². The molecule has 0 aromatic carbocycles. The summed E-state index contributed by atoms with van der Waals surface area (Å²) in [5.41, 5.74) is 11.5. The lowest BCUT2D eigenvalue weighted by Gasteiger charge is -2.06. The second kappa shape index (κ2) is 6.46. The van der Waals surface area contributed by atoms with E-state index < -0.39 is 5.91 Å². The summed E-state index contributed by atoms with van der Waals surface area (Å²) in [5.74, 6) is -0.510. The van der Waals surface area contributed by atoms with E-state index >= 15 is 0 Å². The number of nitrogens with one attached hydrogen (secondary N) is 1. The highest BCUT2D eigenvalue weighted by Gasteiger charge is 2.19. The van der Waals surface area contributed by atoms with E-state index in [-0.39, 0.29) is 11.5 Å². The number of hydrogen-bond donors (Lipinski definition) is 3. The van der Waals surface area contributed by atoms with Crippen LogP contribution in [0.3, 0.4) is 0 Å². The van der Waals surface area contributed by atoms with Gasteiger partial charge in [0.25, 0.3) is 5.91 Å². The zero-order valence-electron chi connectivity index (χ0n) is 14.3. The fourth-order valence-electron chi connectivity index (χ4n) is 2.85. The highest BCUT2D eigenvalue weighted by molar-refractivity contribution is 5.93. The van der Waals surface area contributed by atoms with Crippen molar-refractivity contribution >= 4 is 17.5 Å². The molecule has 0 saturated carbocycles. The first-order valence-corrected chi connectivity index (χ1v) is 8.06. The molecular formula is C18H15N7O2. The molecule has 9 heteroatoms. The van der Waals surface area contributed by atoms with Crippen molar-refractivity contribution in [1.82, 2.24) is 29.8 Å². The van der Waals surface area contributed by atoms with Crippen LogP contribution in [-0.4, -0.2) is 35.5 Å².